The molecule has 0 saturated carbocycles. The van der Waals surface area contributed by atoms with Crippen LogP contribution < -0.4 is 0 Å². The van der Waals surface area contributed by atoms with E-state index in [1.54, 1.807) is 0 Å². The molecule has 0 radical (unpaired) electrons. The molecule has 1 atom stereocenters. The summed E-state index contributed by atoms with van der Waals surface area (Å²) in [5.41, 5.74) is -0.241. The summed E-state index contributed by atoms with van der Waals surface area (Å²) in [4.78, 5) is 13.6. The molecule has 0 amide bonds. The van der Waals surface area contributed by atoms with Crippen molar-refractivity contribution in [1.82, 2.24) is 0 Å². The average molecular weight is 453 g/mol. The van der Waals surface area contributed by atoms with Gasteiger partial charge >= 0.3 is 5.97 Å². The summed E-state index contributed by atoms with van der Waals surface area (Å²) < 4.78 is 5.96. The summed E-state index contributed by atoms with van der Waals surface area (Å²) >= 11 is 0. The fourth-order valence-electron chi connectivity index (χ4n) is 5.19. The molecule has 0 N–H and O–H groups in total. The van der Waals surface area contributed by atoms with Gasteiger partial charge in [0.1, 0.15) is 0 Å². The van der Waals surface area contributed by atoms with E-state index in [1.807, 2.05) is 0 Å². The minimum absolute atomic E-state index is 0.143. The van der Waals surface area contributed by atoms with E-state index < -0.39 is 0 Å². The Morgan fingerprint density at radius 3 is 1.50 bits per heavy atom. The number of ether oxygens (including phenoxy) is 1. The third-order valence-corrected chi connectivity index (χ3v) is 7.43. The van der Waals surface area contributed by atoms with Crippen molar-refractivity contribution in [1.29, 1.82) is 0 Å². The summed E-state index contributed by atoms with van der Waals surface area (Å²) in [5.74, 6) is 0.643. The van der Waals surface area contributed by atoms with Gasteiger partial charge in [0, 0.05) is 0 Å². The molecule has 0 aliphatic carbocycles. The van der Waals surface area contributed by atoms with Gasteiger partial charge in [-0.1, -0.05) is 137 Å². The second-order valence-electron chi connectivity index (χ2n) is 10.3. The lowest BCUT2D eigenvalue weighted by atomic mass is 9.65. The van der Waals surface area contributed by atoms with Crippen LogP contribution >= 0.6 is 0 Å². The number of esters is 1. The van der Waals surface area contributed by atoms with Crippen LogP contribution in [0, 0.1) is 11.3 Å². The Morgan fingerprint density at radius 1 is 0.562 bits per heavy atom. The number of hydrogen-bond donors (Lipinski definition) is 0. The molecule has 1 unspecified atom stereocenters. The fourth-order valence-corrected chi connectivity index (χ4v) is 5.19. The lowest BCUT2D eigenvalue weighted by molar-refractivity contribution is -0.162. The average Bonchev–Trinajstić information content (AvgIpc) is 2.80. The molecule has 0 heterocycles. The maximum atomic E-state index is 13.6. The molecule has 0 aliphatic rings. The molecular weight excluding hydrogens is 392 g/mol. The van der Waals surface area contributed by atoms with Gasteiger partial charge in [0.05, 0.1) is 12.0 Å². The number of carbonyl (C=O) groups is 1. The normalized spacial score (nSPS) is 12.8. The highest BCUT2D eigenvalue weighted by Crippen LogP contribution is 2.45. The van der Waals surface area contributed by atoms with Crippen molar-refractivity contribution < 1.29 is 9.53 Å². The SMILES string of the molecule is CCCCCCCCCCCC(CCCC)C(CCCC)(CCCC)C(=O)OCCCC. The molecule has 0 spiro atoms. The molecule has 0 aliphatic heterocycles. The number of unbranched alkanes of at least 4 members (excludes halogenated alkanes) is 12. The molecule has 0 aromatic carbocycles. The van der Waals surface area contributed by atoms with Crippen LogP contribution in [0.2, 0.25) is 0 Å². The van der Waals surface area contributed by atoms with E-state index in [0.29, 0.717) is 12.5 Å². The largest absolute Gasteiger partial charge is 0.465 e. The van der Waals surface area contributed by atoms with Gasteiger partial charge in [0.2, 0.25) is 0 Å². The minimum atomic E-state index is -0.241. The Bertz CT molecular complexity index is 396. The zero-order valence-corrected chi connectivity index (χ0v) is 23.0. The summed E-state index contributed by atoms with van der Waals surface area (Å²) in [5, 5.41) is 0. The maximum absolute atomic E-state index is 13.6. The molecule has 0 saturated heterocycles. The first-order valence-corrected chi connectivity index (χ1v) is 14.8. The van der Waals surface area contributed by atoms with Gasteiger partial charge in [-0.3, -0.25) is 4.79 Å². The van der Waals surface area contributed by atoms with Crippen LogP contribution in [0.5, 0.6) is 0 Å². The van der Waals surface area contributed by atoms with E-state index >= 15 is 0 Å². The summed E-state index contributed by atoms with van der Waals surface area (Å²) in [6, 6.07) is 0. The van der Waals surface area contributed by atoms with Crippen LogP contribution in [0.1, 0.15) is 169 Å². The minimum Gasteiger partial charge on any atom is -0.465 e. The van der Waals surface area contributed by atoms with Gasteiger partial charge in [-0.25, -0.2) is 0 Å². The standard InChI is InChI=1S/C30H60O2/c1-6-11-16-17-18-19-20-21-22-24-28(23-12-7-2)30(25-13-8-3,26-14-9-4)29(31)32-27-15-10-5/h28H,6-27H2,1-5H3. The maximum Gasteiger partial charge on any atom is 0.312 e. The van der Waals surface area contributed by atoms with E-state index in [4.69, 9.17) is 4.74 Å². The van der Waals surface area contributed by atoms with Gasteiger partial charge in [0.15, 0.2) is 0 Å². The van der Waals surface area contributed by atoms with Crippen molar-refractivity contribution in [2.24, 2.45) is 11.3 Å². The van der Waals surface area contributed by atoms with Crippen LogP contribution in [-0.4, -0.2) is 12.6 Å². The first-order chi connectivity index (χ1) is 15.6. The number of carbonyl (C=O) groups excluding carboxylic acids is 1. The van der Waals surface area contributed by atoms with Crippen molar-refractivity contribution in [2.75, 3.05) is 6.61 Å². The van der Waals surface area contributed by atoms with Crippen molar-refractivity contribution in [3.8, 4) is 0 Å². The van der Waals surface area contributed by atoms with Gasteiger partial charge in [-0.05, 0) is 38.0 Å². The monoisotopic (exact) mass is 452 g/mol. The van der Waals surface area contributed by atoms with Crippen LogP contribution in [0.4, 0.5) is 0 Å². The molecular formula is C30H60O2. The van der Waals surface area contributed by atoms with E-state index in [1.165, 1.54) is 83.5 Å². The van der Waals surface area contributed by atoms with Crippen molar-refractivity contribution >= 4 is 5.97 Å². The van der Waals surface area contributed by atoms with E-state index in [-0.39, 0.29) is 11.4 Å². The first-order valence-electron chi connectivity index (χ1n) is 14.8. The summed E-state index contributed by atoms with van der Waals surface area (Å²) in [6.07, 6.45) is 25.9. The Kier molecular flexibility index (Phi) is 21.9. The predicted molar refractivity (Wildman–Crippen MR) is 142 cm³/mol. The molecule has 2 heteroatoms. The van der Waals surface area contributed by atoms with Gasteiger partial charge < -0.3 is 4.74 Å². The van der Waals surface area contributed by atoms with Crippen LogP contribution in [0.3, 0.4) is 0 Å². The van der Waals surface area contributed by atoms with Crippen LogP contribution in [-0.2, 0) is 9.53 Å². The highest BCUT2D eigenvalue weighted by Gasteiger charge is 2.44. The molecule has 0 aromatic heterocycles. The third-order valence-electron chi connectivity index (χ3n) is 7.43. The molecule has 0 fully saturated rings. The van der Waals surface area contributed by atoms with E-state index in [9.17, 15) is 4.79 Å². The van der Waals surface area contributed by atoms with Gasteiger partial charge in [-0.2, -0.15) is 0 Å². The third kappa shape index (κ3) is 13.9. The second kappa shape index (κ2) is 22.3. The number of rotatable bonds is 24. The lowest BCUT2D eigenvalue weighted by Crippen LogP contribution is -2.41. The van der Waals surface area contributed by atoms with Crippen LogP contribution in [0.15, 0.2) is 0 Å². The topological polar surface area (TPSA) is 26.3 Å². The quantitative estimate of drug-likeness (QED) is 0.107. The second-order valence-corrected chi connectivity index (χ2v) is 10.3. The first kappa shape index (κ1) is 31.5. The molecule has 192 valence electrons. The predicted octanol–water partition coefficient (Wildman–Crippen LogP) is 10.4. The Morgan fingerprint density at radius 2 is 1.00 bits per heavy atom. The van der Waals surface area contributed by atoms with Gasteiger partial charge in [-0.15, -0.1) is 0 Å². The molecule has 0 rings (SSSR count). The highest BCUT2D eigenvalue weighted by atomic mass is 16.5. The smallest absolute Gasteiger partial charge is 0.312 e. The Labute approximate surface area is 203 Å². The van der Waals surface area contributed by atoms with Crippen molar-refractivity contribution in [3.63, 3.8) is 0 Å². The molecule has 32 heavy (non-hydrogen) atoms. The van der Waals surface area contributed by atoms with Crippen LogP contribution in [0.25, 0.3) is 0 Å². The van der Waals surface area contributed by atoms with Gasteiger partial charge in [0.25, 0.3) is 0 Å². The van der Waals surface area contributed by atoms with Crippen molar-refractivity contribution in [2.45, 2.75) is 169 Å². The molecule has 0 bridgehead atoms. The zero-order valence-electron chi connectivity index (χ0n) is 23.0. The van der Waals surface area contributed by atoms with Crippen molar-refractivity contribution in [3.05, 3.63) is 0 Å². The Balaban J connectivity index is 5.10. The molecule has 2 nitrogen and oxygen atoms in total. The number of hydrogen-bond acceptors (Lipinski definition) is 2. The molecule has 0 aromatic rings. The van der Waals surface area contributed by atoms with E-state index in [2.05, 4.69) is 34.6 Å². The fraction of sp³-hybridized carbons (Fsp3) is 0.967. The van der Waals surface area contributed by atoms with E-state index in [0.717, 1.165) is 51.4 Å². The summed E-state index contributed by atoms with van der Waals surface area (Å²) in [6.45, 7) is 11.9. The highest BCUT2D eigenvalue weighted by molar-refractivity contribution is 5.77. The lowest BCUT2D eigenvalue weighted by Gasteiger charge is -2.39. The summed E-state index contributed by atoms with van der Waals surface area (Å²) in [7, 11) is 0. The Hall–Kier alpha value is -0.530. The zero-order chi connectivity index (χ0) is 23.9.